The predicted molar refractivity (Wildman–Crippen MR) is 127 cm³/mol. The first kappa shape index (κ1) is 22.3. The van der Waals surface area contributed by atoms with Crippen molar-refractivity contribution in [3.63, 3.8) is 0 Å². The number of carbonyl (C=O) groups is 1. The Morgan fingerprint density at radius 2 is 1.76 bits per heavy atom. The van der Waals surface area contributed by atoms with E-state index in [4.69, 9.17) is 30.9 Å². The molecule has 1 aliphatic rings. The summed E-state index contributed by atoms with van der Waals surface area (Å²) < 4.78 is 18.0. The smallest absolute Gasteiger partial charge is 0.185 e. The van der Waals surface area contributed by atoms with E-state index in [2.05, 4.69) is 10.2 Å². The van der Waals surface area contributed by atoms with Crippen molar-refractivity contribution in [2.75, 3.05) is 21.3 Å². The second-order valence-electron chi connectivity index (χ2n) is 8.14. The van der Waals surface area contributed by atoms with Crippen molar-refractivity contribution in [2.24, 2.45) is 0 Å². The normalized spacial score (nSPS) is 15.4. The van der Waals surface area contributed by atoms with Gasteiger partial charge in [0.25, 0.3) is 0 Å². The van der Waals surface area contributed by atoms with Crippen LogP contribution in [0.4, 0.5) is 0 Å². The maximum atomic E-state index is 13.0. The fraction of sp³-hybridized carbons (Fsp3) is 0.280. The Kier molecular flexibility index (Phi) is 5.93. The van der Waals surface area contributed by atoms with E-state index < -0.39 is 0 Å². The molecule has 4 aromatic rings. The minimum absolute atomic E-state index is 0.00396. The topological polar surface area (TPSA) is 87.8 Å². The van der Waals surface area contributed by atoms with Crippen molar-refractivity contribution in [2.45, 2.75) is 25.4 Å². The zero-order valence-electron chi connectivity index (χ0n) is 19.0. The summed E-state index contributed by atoms with van der Waals surface area (Å²) in [6, 6.07) is 13.2. The molecule has 0 fully saturated rings. The number of ketones is 1. The highest BCUT2D eigenvalue weighted by Crippen LogP contribution is 2.38. The fourth-order valence-electron chi connectivity index (χ4n) is 4.51. The number of carbonyl (C=O) groups excluding carboxylic acids is 1. The summed E-state index contributed by atoms with van der Waals surface area (Å²) in [6.45, 7) is 0.274. The molecule has 0 saturated carbocycles. The summed E-state index contributed by atoms with van der Waals surface area (Å²) in [4.78, 5) is 13.0. The lowest BCUT2D eigenvalue weighted by atomic mass is 9.83. The van der Waals surface area contributed by atoms with E-state index in [1.54, 1.807) is 25.8 Å². The SMILES string of the molecule is COCc1nn2c3c(nnc2c1-c1ccc(OC)c(OC)c1)C(=O)C[C@@H](c1ccc(Cl)cc1)C3. The minimum atomic E-state index is -0.0490. The van der Waals surface area contributed by atoms with E-state index in [1.165, 1.54) is 0 Å². The summed E-state index contributed by atoms with van der Waals surface area (Å²) in [7, 11) is 4.80. The van der Waals surface area contributed by atoms with Crippen LogP contribution in [-0.2, 0) is 17.8 Å². The maximum Gasteiger partial charge on any atom is 0.185 e. The molecule has 2 aromatic carbocycles. The number of ether oxygens (including phenoxy) is 3. The third-order valence-electron chi connectivity index (χ3n) is 6.14. The molecule has 8 nitrogen and oxygen atoms in total. The second kappa shape index (κ2) is 9.04. The molecule has 0 amide bonds. The number of rotatable bonds is 6. The Bertz CT molecular complexity index is 1380. The van der Waals surface area contributed by atoms with E-state index in [0.29, 0.717) is 46.4 Å². The average Bonchev–Trinajstić information content (AvgIpc) is 3.22. The monoisotopic (exact) mass is 478 g/mol. The molecule has 0 bridgehead atoms. The van der Waals surface area contributed by atoms with Crippen LogP contribution in [0.15, 0.2) is 42.5 Å². The first-order valence-electron chi connectivity index (χ1n) is 10.8. The number of halogens is 1. The van der Waals surface area contributed by atoms with Crippen LogP contribution in [0.1, 0.15) is 39.8 Å². The van der Waals surface area contributed by atoms with Crippen LogP contribution < -0.4 is 9.47 Å². The number of aromatic nitrogens is 4. The molecule has 0 saturated heterocycles. The van der Waals surface area contributed by atoms with E-state index >= 15 is 0 Å². The molecule has 174 valence electrons. The second-order valence-corrected chi connectivity index (χ2v) is 8.57. The summed E-state index contributed by atoms with van der Waals surface area (Å²) >= 11 is 6.06. The lowest BCUT2D eigenvalue weighted by Gasteiger charge is -2.23. The molecule has 0 spiro atoms. The van der Waals surface area contributed by atoms with Crippen LogP contribution in [0, 0.1) is 0 Å². The highest BCUT2D eigenvalue weighted by molar-refractivity contribution is 6.30. The van der Waals surface area contributed by atoms with Crippen molar-refractivity contribution < 1.29 is 19.0 Å². The lowest BCUT2D eigenvalue weighted by molar-refractivity contribution is 0.0955. The molecule has 0 aliphatic heterocycles. The van der Waals surface area contributed by atoms with Crippen molar-refractivity contribution in [3.05, 3.63) is 70.1 Å². The van der Waals surface area contributed by atoms with Gasteiger partial charge in [-0.15, -0.1) is 10.2 Å². The van der Waals surface area contributed by atoms with Gasteiger partial charge in [0.15, 0.2) is 28.6 Å². The highest BCUT2D eigenvalue weighted by atomic mass is 35.5. The molecule has 34 heavy (non-hydrogen) atoms. The Labute approximate surface area is 201 Å². The first-order chi connectivity index (χ1) is 16.5. The third kappa shape index (κ3) is 3.78. The van der Waals surface area contributed by atoms with Gasteiger partial charge in [0.1, 0.15) is 0 Å². The zero-order valence-corrected chi connectivity index (χ0v) is 19.8. The van der Waals surface area contributed by atoms with E-state index in [-0.39, 0.29) is 18.3 Å². The summed E-state index contributed by atoms with van der Waals surface area (Å²) in [5.41, 5.74) is 5.02. The molecule has 0 N–H and O–H groups in total. The molecule has 5 rings (SSSR count). The maximum absolute atomic E-state index is 13.0. The molecule has 0 radical (unpaired) electrons. The standard InChI is InChI=1S/C25H23ClN4O4/c1-32-13-18-23(15-6-9-21(33-2)22(12-15)34-3)25-28-27-24-19(30(25)29-18)10-16(11-20(24)31)14-4-7-17(26)8-5-14/h4-9,12,16H,10-11,13H2,1-3H3/t16-/m0/s1. The third-order valence-corrected chi connectivity index (χ3v) is 6.39. The van der Waals surface area contributed by atoms with E-state index in [9.17, 15) is 4.79 Å². The summed E-state index contributed by atoms with van der Waals surface area (Å²) in [6.07, 6.45) is 0.970. The van der Waals surface area contributed by atoms with Gasteiger partial charge in [-0.25, -0.2) is 4.52 Å². The van der Waals surface area contributed by atoms with Gasteiger partial charge in [-0.2, -0.15) is 5.10 Å². The first-order valence-corrected chi connectivity index (χ1v) is 11.2. The van der Waals surface area contributed by atoms with Crippen LogP contribution in [0.5, 0.6) is 11.5 Å². The fourth-order valence-corrected chi connectivity index (χ4v) is 4.64. The number of fused-ring (bicyclic) bond motifs is 3. The molecular formula is C25H23ClN4O4. The largest absolute Gasteiger partial charge is 0.493 e. The van der Waals surface area contributed by atoms with Crippen LogP contribution in [0.3, 0.4) is 0 Å². The zero-order chi connectivity index (χ0) is 23.8. The minimum Gasteiger partial charge on any atom is -0.493 e. The molecule has 2 heterocycles. The van der Waals surface area contributed by atoms with Gasteiger partial charge in [0.2, 0.25) is 0 Å². The Hall–Kier alpha value is -3.49. The molecule has 1 aliphatic carbocycles. The molecule has 2 aromatic heterocycles. The number of benzene rings is 2. The Morgan fingerprint density at radius 3 is 2.47 bits per heavy atom. The number of Topliss-reactive ketones (excluding diaryl/α,β-unsaturated/α-hetero) is 1. The van der Waals surface area contributed by atoms with Gasteiger partial charge in [-0.05, 0) is 47.7 Å². The van der Waals surface area contributed by atoms with Crippen LogP contribution in [0.25, 0.3) is 16.8 Å². The quantitative estimate of drug-likeness (QED) is 0.402. The Morgan fingerprint density at radius 1 is 1.00 bits per heavy atom. The van der Waals surface area contributed by atoms with E-state index in [0.717, 1.165) is 22.4 Å². The van der Waals surface area contributed by atoms with Crippen molar-refractivity contribution in [3.8, 4) is 22.6 Å². The van der Waals surface area contributed by atoms with Gasteiger partial charge in [0.05, 0.1) is 37.8 Å². The van der Waals surface area contributed by atoms with Crippen LogP contribution >= 0.6 is 11.6 Å². The Balaban J connectivity index is 1.67. The van der Waals surface area contributed by atoms with Crippen molar-refractivity contribution in [1.29, 1.82) is 0 Å². The predicted octanol–water partition coefficient (Wildman–Crippen LogP) is 4.52. The van der Waals surface area contributed by atoms with Crippen molar-refractivity contribution in [1.82, 2.24) is 19.8 Å². The van der Waals surface area contributed by atoms with Gasteiger partial charge in [-0.3, -0.25) is 4.79 Å². The average molecular weight is 479 g/mol. The number of hydrogen-bond acceptors (Lipinski definition) is 7. The molecule has 0 unspecified atom stereocenters. The highest BCUT2D eigenvalue weighted by Gasteiger charge is 2.32. The summed E-state index contributed by atoms with van der Waals surface area (Å²) in [5, 5.41) is 14.2. The number of hydrogen-bond donors (Lipinski definition) is 0. The van der Waals surface area contributed by atoms with Gasteiger partial charge < -0.3 is 14.2 Å². The number of nitrogens with zero attached hydrogens (tertiary/aromatic N) is 4. The van der Waals surface area contributed by atoms with Crippen LogP contribution in [-0.4, -0.2) is 46.9 Å². The lowest BCUT2D eigenvalue weighted by Crippen LogP contribution is -2.24. The van der Waals surface area contributed by atoms with Gasteiger partial charge in [-0.1, -0.05) is 29.8 Å². The van der Waals surface area contributed by atoms with Gasteiger partial charge >= 0.3 is 0 Å². The molecule has 9 heteroatoms. The molecule has 1 atom stereocenters. The molecular weight excluding hydrogens is 456 g/mol. The van der Waals surface area contributed by atoms with E-state index in [1.807, 2.05) is 42.5 Å². The number of methoxy groups -OCH3 is 3. The summed E-state index contributed by atoms with van der Waals surface area (Å²) in [5.74, 6) is 1.17. The van der Waals surface area contributed by atoms with Gasteiger partial charge in [0, 0.05) is 18.6 Å². The van der Waals surface area contributed by atoms with Crippen molar-refractivity contribution >= 4 is 23.0 Å². The van der Waals surface area contributed by atoms with Crippen LogP contribution in [0.2, 0.25) is 5.02 Å².